The molecule has 0 saturated heterocycles. The Morgan fingerprint density at radius 3 is 2.61 bits per heavy atom. The predicted molar refractivity (Wildman–Crippen MR) is 122 cm³/mol. The van der Waals surface area contributed by atoms with Crippen molar-refractivity contribution in [2.75, 3.05) is 5.32 Å². The number of pyridine rings is 1. The van der Waals surface area contributed by atoms with Gasteiger partial charge in [0.1, 0.15) is 0 Å². The number of hydrogen-bond acceptors (Lipinski definition) is 4. The van der Waals surface area contributed by atoms with Crippen LogP contribution in [0.4, 0.5) is 5.69 Å². The van der Waals surface area contributed by atoms with Crippen LogP contribution in [0.2, 0.25) is 0 Å². The summed E-state index contributed by atoms with van der Waals surface area (Å²) in [5, 5.41) is 3.72. The molecule has 160 valence electrons. The summed E-state index contributed by atoms with van der Waals surface area (Å²) in [6, 6.07) is 15.4. The van der Waals surface area contributed by atoms with Crippen LogP contribution in [0.15, 0.2) is 48.5 Å². The summed E-state index contributed by atoms with van der Waals surface area (Å²) in [5.74, 6) is -0.478. The number of amides is 1. The van der Waals surface area contributed by atoms with Gasteiger partial charge in [-0.05, 0) is 61.8 Å². The van der Waals surface area contributed by atoms with E-state index in [-0.39, 0.29) is 5.91 Å². The number of nitrogens with zero attached hydrogens (tertiary/aromatic N) is 1. The van der Waals surface area contributed by atoms with Crippen LogP contribution in [0, 0.1) is 0 Å². The maximum atomic E-state index is 13.2. The molecule has 4 rings (SSSR count). The third-order valence-corrected chi connectivity index (χ3v) is 6.14. The van der Waals surface area contributed by atoms with Crippen LogP contribution in [0.5, 0.6) is 0 Å². The van der Waals surface area contributed by atoms with E-state index in [2.05, 4.69) is 19.2 Å². The molecule has 31 heavy (non-hydrogen) atoms. The van der Waals surface area contributed by atoms with E-state index in [1.54, 1.807) is 6.92 Å². The monoisotopic (exact) mass is 416 g/mol. The molecule has 2 aromatic carbocycles. The zero-order valence-corrected chi connectivity index (χ0v) is 18.3. The normalized spacial score (nSPS) is 14.7. The predicted octanol–water partition coefficient (Wildman–Crippen LogP) is 5.42. The minimum Gasteiger partial charge on any atom is -0.449 e. The first kappa shape index (κ1) is 21.0. The van der Waals surface area contributed by atoms with Crippen LogP contribution in [0.25, 0.3) is 10.9 Å². The second-order valence-electron chi connectivity index (χ2n) is 8.22. The highest BCUT2D eigenvalue weighted by Gasteiger charge is 2.27. The van der Waals surface area contributed by atoms with E-state index in [0.717, 1.165) is 59.1 Å². The lowest BCUT2D eigenvalue weighted by molar-refractivity contribution is -0.123. The van der Waals surface area contributed by atoms with Crippen LogP contribution in [-0.2, 0) is 22.4 Å². The minimum absolute atomic E-state index is 0.320. The van der Waals surface area contributed by atoms with Gasteiger partial charge in [0.15, 0.2) is 6.10 Å². The Bertz CT molecular complexity index is 1140. The Hall–Kier alpha value is -3.21. The third-order valence-electron chi connectivity index (χ3n) is 6.14. The van der Waals surface area contributed by atoms with Gasteiger partial charge in [0.05, 0.1) is 11.1 Å². The van der Waals surface area contributed by atoms with E-state index in [9.17, 15) is 9.59 Å². The van der Waals surface area contributed by atoms with Crippen molar-refractivity contribution in [1.29, 1.82) is 0 Å². The third kappa shape index (κ3) is 4.18. The lowest BCUT2D eigenvalue weighted by atomic mass is 9.97. The van der Waals surface area contributed by atoms with Crippen LogP contribution in [0.3, 0.4) is 0 Å². The minimum atomic E-state index is -0.915. The van der Waals surface area contributed by atoms with Gasteiger partial charge < -0.3 is 10.1 Å². The maximum absolute atomic E-state index is 13.2. The highest BCUT2D eigenvalue weighted by Crippen LogP contribution is 2.31. The van der Waals surface area contributed by atoms with E-state index in [1.165, 1.54) is 0 Å². The Morgan fingerprint density at radius 2 is 1.81 bits per heavy atom. The summed E-state index contributed by atoms with van der Waals surface area (Å²) in [4.78, 5) is 30.7. The summed E-state index contributed by atoms with van der Waals surface area (Å²) >= 11 is 0. The van der Waals surface area contributed by atoms with Gasteiger partial charge in [0.2, 0.25) is 0 Å². The lowest BCUT2D eigenvalue weighted by Crippen LogP contribution is -2.30. The largest absolute Gasteiger partial charge is 0.449 e. The van der Waals surface area contributed by atoms with Gasteiger partial charge in [0.25, 0.3) is 5.91 Å². The first-order valence-corrected chi connectivity index (χ1v) is 11.0. The number of rotatable bonds is 6. The lowest BCUT2D eigenvalue weighted by Gasteiger charge is -2.19. The summed E-state index contributed by atoms with van der Waals surface area (Å²) in [7, 11) is 0. The number of hydrogen-bond donors (Lipinski definition) is 1. The second kappa shape index (κ2) is 8.88. The Balaban J connectivity index is 1.56. The summed E-state index contributed by atoms with van der Waals surface area (Å²) in [5.41, 5.74) is 5.10. The molecule has 0 radical (unpaired) electrons. The smallest absolute Gasteiger partial charge is 0.339 e. The molecule has 0 saturated carbocycles. The van der Waals surface area contributed by atoms with Crippen molar-refractivity contribution in [3.8, 4) is 0 Å². The fourth-order valence-electron chi connectivity index (χ4n) is 4.21. The molecule has 1 aliphatic rings. The Morgan fingerprint density at radius 1 is 1.06 bits per heavy atom. The number of nitrogens with one attached hydrogen (secondary N) is 1. The van der Waals surface area contributed by atoms with E-state index >= 15 is 0 Å². The molecule has 0 unspecified atom stereocenters. The zero-order chi connectivity index (χ0) is 22.0. The number of fused-ring (bicyclic) bond motifs is 2. The van der Waals surface area contributed by atoms with E-state index in [4.69, 9.17) is 9.72 Å². The SMILES string of the molecule is CC[C@@H](C)c1ccccc1NC(=O)[C@H](C)OC(=O)c1c2c(nc3ccccc13)CCC2. The molecule has 0 aliphatic heterocycles. The molecule has 5 heteroatoms. The van der Waals surface area contributed by atoms with Gasteiger partial charge in [-0.3, -0.25) is 9.78 Å². The molecule has 1 amide bonds. The fraction of sp³-hybridized carbons (Fsp3) is 0.346. The van der Waals surface area contributed by atoms with E-state index in [1.807, 2.05) is 48.5 Å². The summed E-state index contributed by atoms with van der Waals surface area (Å²) < 4.78 is 5.65. The molecule has 2 atom stereocenters. The van der Waals surface area contributed by atoms with Gasteiger partial charge in [-0.1, -0.05) is 50.2 Å². The van der Waals surface area contributed by atoms with Gasteiger partial charge in [-0.25, -0.2) is 4.79 Å². The zero-order valence-electron chi connectivity index (χ0n) is 18.3. The van der Waals surface area contributed by atoms with Gasteiger partial charge in [-0.2, -0.15) is 0 Å². The number of anilines is 1. The van der Waals surface area contributed by atoms with Crippen molar-refractivity contribution < 1.29 is 14.3 Å². The maximum Gasteiger partial charge on any atom is 0.339 e. The average Bonchev–Trinajstić information content (AvgIpc) is 3.25. The number of esters is 1. The first-order valence-electron chi connectivity index (χ1n) is 11.0. The van der Waals surface area contributed by atoms with E-state index < -0.39 is 12.1 Å². The number of ether oxygens (including phenoxy) is 1. The van der Waals surface area contributed by atoms with Crippen LogP contribution in [-0.4, -0.2) is 23.0 Å². The van der Waals surface area contributed by atoms with Crippen molar-refractivity contribution in [3.63, 3.8) is 0 Å². The molecule has 5 nitrogen and oxygen atoms in total. The highest BCUT2D eigenvalue weighted by molar-refractivity contribution is 6.06. The van der Waals surface area contributed by atoms with E-state index in [0.29, 0.717) is 11.5 Å². The van der Waals surface area contributed by atoms with Crippen LogP contribution in [0.1, 0.15) is 66.7 Å². The Kier molecular flexibility index (Phi) is 6.03. The number of carbonyl (C=O) groups excluding carboxylic acids is 2. The molecule has 1 N–H and O–H groups in total. The van der Waals surface area contributed by atoms with Crippen molar-refractivity contribution in [2.24, 2.45) is 0 Å². The number of benzene rings is 2. The van der Waals surface area contributed by atoms with Crippen molar-refractivity contribution in [2.45, 2.75) is 58.5 Å². The summed E-state index contributed by atoms with van der Waals surface area (Å²) in [6.07, 6.45) is 2.70. The van der Waals surface area contributed by atoms with Gasteiger partial charge in [0, 0.05) is 16.8 Å². The number of aryl methyl sites for hydroxylation is 1. The van der Waals surface area contributed by atoms with Crippen molar-refractivity contribution in [1.82, 2.24) is 4.98 Å². The standard InChI is InChI=1S/C26H28N2O3/c1-4-16(2)18-10-5-7-13-21(18)28-25(29)17(3)31-26(30)24-19-11-6-8-14-22(19)27-23-15-9-12-20(23)24/h5-8,10-11,13-14,16-17H,4,9,12,15H2,1-3H3,(H,28,29)/t16-,17+/m1/s1. The number of para-hydroxylation sites is 2. The molecule has 1 aromatic heterocycles. The van der Waals surface area contributed by atoms with Gasteiger partial charge in [-0.15, -0.1) is 0 Å². The van der Waals surface area contributed by atoms with Crippen LogP contribution >= 0.6 is 0 Å². The van der Waals surface area contributed by atoms with Crippen molar-refractivity contribution in [3.05, 3.63) is 70.9 Å². The molecule has 0 spiro atoms. The number of carbonyl (C=O) groups is 2. The first-order chi connectivity index (χ1) is 15.0. The Labute approximate surface area is 182 Å². The molecule has 1 heterocycles. The topological polar surface area (TPSA) is 68.3 Å². The van der Waals surface area contributed by atoms with Gasteiger partial charge >= 0.3 is 5.97 Å². The quantitative estimate of drug-likeness (QED) is 0.545. The molecule has 1 aliphatic carbocycles. The second-order valence-corrected chi connectivity index (χ2v) is 8.22. The molecule has 3 aromatic rings. The average molecular weight is 417 g/mol. The molecular weight excluding hydrogens is 388 g/mol. The van der Waals surface area contributed by atoms with Crippen molar-refractivity contribution >= 4 is 28.5 Å². The molecule has 0 fully saturated rings. The molecular formula is C26H28N2O3. The van der Waals surface area contributed by atoms with Crippen LogP contribution < -0.4 is 5.32 Å². The fourth-order valence-corrected chi connectivity index (χ4v) is 4.21. The summed E-state index contributed by atoms with van der Waals surface area (Å²) in [6.45, 7) is 5.86. The number of aromatic nitrogens is 1. The molecule has 0 bridgehead atoms. The highest BCUT2D eigenvalue weighted by atomic mass is 16.5.